The van der Waals surface area contributed by atoms with Crippen LogP contribution in [0, 0.1) is 0 Å². The number of hydrogen-bond donors (Lipinski definition) is 3. The highest BCUT2D eigenvalue weighted by Crippen LogP contribution is 2.27. The standard InChI is InChI=1S/C20H26N2O6S/c1-13(2)22-17-7-6-15(12-16(17)20(23)24)29(25,26)21-10-9-14-5-8-18(27-3)19(11-14)28-4/h5-8,11-13,21-22H,9-10H2,1-4H3,(H,23,24). The summed E-state index contributed by atoms with van der Waals surface area (Å²) < 4.78 is 38.1. The Morgan fingerprint density at radius 1 is 1.07 bits per heavy atom. The molecule has 0 spiro atoms. The van der Waals surface area contributed by atoms with E-state index in [9.17, 15) is 18.3 Å². The van der Waals surface area contributed by atoms with E-state index in [1.807, 2.05) is 19.9 Å². The lowest BCUT2D eigenvalue weighted by molar-refractivity contribution is 0.0697. The monoisotopic (exact) mass is 422 g/mol. The van der Waals surface area contributed by atoms with E-state index in [1.54, 1.807) is 19.2 Å². The van der Waals surface area contributed by atoms with Crippen molar-refractivity contribution < 1.29 is 27.8 Å². The fourth-order valence-electron chi connectivity index (χ4n) is 2.75. The zero-order valence-electron chi connectivity index (χ0n) is 16.9. The van der Waals surface area contributed by atoms with Gasteiger partial charge in [-0.25, -0.2) is 17.9 Å². The van der Waals surface area contributed by atoms with E-state index in [0.29, 0.717) is 23.6 Å². The fraction of sp³-hybridized carbons (Fsp3) is 0.350. The first-order valence-electron chi connectivity index (χ1n) is 9.02. The molecule has 158 valence electrons. The second-order valence-corrected chi connectivity index (χ2v) is 8.42. The molecular formula is C20H26N2O6S. The van der Waals surface area contributed by atoms with Crippen LogP contribution in [0.15, 0.2) is 41.3 Å². The van der Waals surface area contributed by atoms with E-state index in [-0.39, 0.29) is 23.0 Å². The minimum atomic E-state index is -3.86. The molecule has 0 unspecified atom stereocenters. The molecule has 29 heavy (non-hydrogen) atoms. The Kier molecular flexibility index (Phi) is 7.46. The maximum atomic E-state index is 12.6. The predicted octanol–water partition coefficient (Wildman–Crippen LogP) is 2.74. The van der Waals surface area contributed by atoms with Gasteiger partial charge in [-0.1, -0.05) is 6.07 Å². The second kappa shape index (κ2) is 9.62. The lowest BCUT2D eigenvalue weighted by Crippen LogP contribution is -2.26. The van der Waals surface area contributed by atoms with E-state index >= 15 is 0 Å². The summed E-state index contributed by atoms with van der Waals surface area (Å²) in [5, 5.41) is 12.4. The largest absolute Gasteiger partial charge is 0.493 e. The third kappa shape index (κ3) is 5.85. The predicted molar refractivity (Wildman–Crippen MR) is 111 cm³/mol. The van der Waals surface area contributed by atoms with Crippen molar-refractivity contribution in [2.24, 2.45) is 0 Å². The van der Waals surface area contributed by atoms with Crippen LogP contribution in [0.25, 0.3) is 0 Å². The molecule has 0 amide bonds. The number of carboxylic acids is 1. The average molecular weight is 423 g/mol. The number of nitrogens with one attached hydrogen (secondary N) is 2. The molecule has 0 aliphatic rings. The van der Waals surface area contributed by atoms with Crippen LogP contribution in [-0.2, 0) is 16.4 Å². The van der Waals surface area contributed by atoms with Crippen LogP contribution in [0.2, 0.25) is 0 Å². The van der Waals surface area contributed by atoms with Crippen LogP contribution in [-0.4, -0.2) is 46.3 Å². The summed E-state index contributed by atoms with van der Waals surface area (Å²) in [5.41, 5.74) is 1.14. The molecule has 0 radical (unpaired) electrons. The van der Waals surface area contributed by atoms with Crippen molar-refractivity contribution in [2.75, 3.05) is 26.1 Å². The number of carboxylic acid groups (broad SMARTS) is 1. The zero-order valence-corrected chi connectivity index (χ0v) is 17.7. The van der Waals surface area contributed by atoms with Gasteiger partial charge in [0.1, 0.15) is 0 Å². The van der Waals surface area contributed by atoms with Crippen LogP contribution in [0.1, 0.15) is 29.8 Å². The van der Waals surface area contributed by atoms with Crippen molar-refractivity contribution in [1.82, 2.24) is 4.72 Å². The van der Waals surface area contributed by atoms with E-state index in [0.717, 1.165) is 11.6 Å². The number of ether oxygens (including phenoxy) is 2. The topological polar surface area (TPSA) is 114 Å². The molecule has 0 saturated carbocycles. The molecule has 0 atom stereocenters. The summed E-state index contributed by atoms with van der Waals surface area (Å²) >= 11 is 0. The molecule has 8 nitrogen and oxygen atoms in total. The zero-order chi connectivity index (χ0) is 21.6. The molecule has 0 aliphatic heterocycles. The van der Waals surface area contributed by atoms with Crippen LogP contribution < -0.4 is 19.5 Å². The van der Waals surface area contributed by atoms with Crippen LogP contribution in [0.4, 0.5) is 5.69 Å². The average Bonchev–Trinajstić information content (AvgIpc) is 2.67. The van der Waals surface area contributed by atoms with E-state index in [4.69, 9.17) is 9.47 Å². The van der Waals surface area contributed by atoms with Crippen molar-refractivity contribution in [3.63, 3.8) is 0 Å². The number of anilines is 1. The quantitative estimate of drug-likeness (QED) is 0.539. The minimum Gasteiger partial charge on any atom is -0.493 e. The van der Waals surface area contributed by atoms with E-state index in [2.05, 4.69) is 10.0 Å². The summed E-state index contributed by atoms with van der Waals surface area (Å²) in [4.78, 5) is 11.4. The lowest BCUT2D eigenvalue weighted by Gasteiger charge is -2.14. The molecule has 9 heteroatoms. The molecule has 0 aliphatic carbocycles. The Balaban J connectivity index is 2.13. The molecule has 0 fully saturated rings. The summed E-state index contributed by atoms with van der Waals surface area (Å²) in [7, 11) is -0.787. The number of hydrogen-bond acceptors (Lipinski definition) is 6. The first kappa shape index (κ1) is 22.5. The summed E-state index contributed by atoms with van der Waals surface area (Å²) in [6.45, 7) is 3.88. The van der Waals surface area contributed by atoms with Gasteiger partial charge in [-0.2, -0.15) is 0 Å². The Labute approximate surface area is 170 Å². The first-order chi connectivity index (χ1) is 13.7. The normalized spacial score (nSPS) is 11.3. The Hall–Kier alpha value is -2.78. The van der Waals surface area contributed by atoms with Gasteiger partial charge < -0.3 is 19.9 Å². The molecule has 2 rings (SSSR count). The highest BCUT2D eigenvalue weighted by atomic mass is 32.2. The fourth-order valence-corrected chi connectivity index (χ4v) is 3.81. The molecular weight excluding hydrogens is 396 g/mol. The first-order valence-corrected chi connectivity index (χ1v) is 10.5. The van der Waals surface area contributed by atoms with Crippen LogP contribution in [0.3, 0.4) is 0 Å². The van der Waals surface area contributed by atoms with Crippen molar-refractivity contribution in [3.8, 4) is 11.5 Å². The van der Waals surface area contributed by atoms with Crippen molar-refractivity contribution in [3.05, 3.63) is 47.5 Å². The SMILES string of the molecule is COc1ccc(CCNS(=O)(=O)c2ccc(NC(C)C)c(C(=O)O)c2)cc1OC. The second-order valence-electron chi connectivity index (χ2n) is 6.65. The molecule has 2 aromatic rings. The molecule has 2 aromatic carbocycles. The number of rotatable bonds is 10. The summed E-state index contributed by atoms with van der Waals surface area (Å²) in [5.74, 6) is -0.0455. The van der Waals surface area contributed by atoms with Gasteiger partial charge in [-0.05, 0) is 56.2 Å². The van der Waals surface area contributed by atoms with Gasteiger partial charge in [-0.3, -0.25) is 0 Å². The maximum absolute atomic E-state index is 12.6. The number of benzene rings is 2. The minimum absolute atomic E-state index is 0.00942. The van der Waals surface area contributed by atoms with Crippen LogP contribution in [0.5, 0.6) is 11.5 Å². The van der Waals surface area contributed by atoms with Gasteiger partial charge in [-0.15, -0.1) is 0 Å². The van der Waals surface area contributed by atoms with Gasteiger partial charge in [0.25, 0.3) is 0 Å². The highest BCUT2D eigenvalue weighted by molar-refractivity contribution is 7.89. The van der Waals surface area contributed by atoms with Gasteiger partial charge in [0, 0.05) is 18.3 Å². The molecule has 0 bridgehead atoms. The summed E-state index contributed by atoms with van der Waals surface area (Å²) in [6.07, 6.45) is 0.429. The third-order valence-corrected chi connectivity index (χ3v) is 5.59. The summed E-state index contributed by atoms with van der Waals surface area (Å²) in [6, 6.07) is 9.37. The lowest BCUT2D eigenvalue weighted by atomic mass is 10.1. The Morgan fingerprint density at radius 2 is 1.76 bits per heavy atom. The van der Waals surface area contributed by atoms with Gasteiger partial charge in [0.15, 0.2) is 11.5 Å². The van der Waals surface area contributed by atoms with E-state index < -0.39 is 16.0 Å². The number of aromatic carboxylic acids is 1. The van der Waals surface area contributed by atoms with E-state index in [1.165, 1.54) is 19.2 Å². The molecule has 3 N–H and O–H groups in total. The molecule has 0 heterocycles. The van der Waals surface area contributed by atoms with Gasteiger partial charge in [0.05, 0.1) is 24.7 Å². The van der Waals surface area contributed by atoms with Gasteiger partial charge in [0.2, 0.25) is 10.0 Å². The number of methoxy groups -OCH3 is 2. The maximum Gasteiger partial charge on any atom is 0.337 e. The molecule has 0 aromatic heterocycles. The Morgan fingerprint density at radius 3 is 2.34 bits per heavy atom. The number of sulfonamides is 1. The molecule has 0 saturated heterocycles. The van der Waals surface area contributed by atoms with Crippen molar-refractivity contribution in [2.45, 2.75) is 31.2 Å². The smallest absolute Gasteiger partial charge is 0.337 e. The highest BCUT2D eigenvalue weighted by Gasteiger charge is 2.19. The Bertz CT molecular complexity index is 973. The number of carbonyl (C=O) groups is 1. The van der Waals surface area contributed by atoms with Crippen molar-refractivity contribution >= 4 is 21.7 Å². The van der Waals surface area contributed by atoms with Crippen molar-refractivity contribution in [1.29, 1.82) is 0 Å². The third-order valence-electron chi connectivity index (χ3n) is 4.13. The van der Waals surface area contributed by atoms with Crippen LogP contribution >= 0.6 is 0 Å². The van der Waals surface area contributed by atoms with Gasteiger partial charge >= 0.3 is 5.97 Å².